The van der Waals surface area contributed by atoms with E-state index in [1.165, 1.54) is 35.7 Å². The second kappa shape index (κ2) is 6.47. The highest BCUT2D eigenvalue weighted by atomic mass is 32.2. The maximum atomic E-state index is 12.5. The molecule has 112 valence electrons. The van der Waals surface area contributed by atoms with E-state index in [0.717, 1.165) is 12.8 Å². The van der Waals surface area contributed by atoms with Crippen molar-refractivity contribution in [2.75, 3.05) is 12.9 Å². The van der Waals surface area contributed by atoms with Gasteiger partial charge in [0.1, 0.15) is 5.82 Å². The van der Waals surface area contributed by atoms with Crippen LogP contribution in [0.15, 0.2) is 5.16 Å². The Morgan fingerprint density at radius 1 is 1.40 bits per heavy atom. The smallest absolute Gasteiger partial charge is 0.235 e. The zero-order valence-electron chi connectivity index (χ0n) is 12.4. The first-order valence-electron chi connectivity index (χ1n) is 7.11. The first kappa shape index (κ1) is 15.2. The standard InChI is InChI=1S/C13H23N5OS/c1-9(20-13-16-15-10(2)18(13)14)12(19)17(3)11-7-5-4-6-8-11/h9,11H,4-8,14H2,1-3H3/t9-/m1/s1. The number of hydrogen-bond donors (Lipinski definition) is 1. The van der Waals surface area contributed by atoms with Crippen LogP contribution in [-0.2, 0) is 4.79 Å². The second-order valence-corrected chi connectivity index (χ2v) is 6.71. The molecule has 1 aliphatic rings. The lowest BCUT2D eigenvalue weighted by atomic mass is 9.94. The number of aromatic nitrogens is 3. The van der Waals surface area contributed by atoms with Crippen LogP contribution in [0, 0.1) is 6.92 Å². The lowest BCUT2D eigenvalue weighted by Gasteiger charge is -2.32. The molecule has 1 aromatic rings. The number of carbonyl (C=O) groups is 1. The first-order chi connectivity index (χ1) is 9.50. The minimum absolute atomic E-state index is 0.141. The van der Waals surface area contributed by atoms with Crippen molar-refractivity contribution in [3.63, 3.8) is 0 Å². The first-order valence-corrected chi connectivity index (χ1v) is 7.99. The molecule has 6 nitrogen and oxygen atoms in total. The van der Waals surface area contributed by atoms with E-state index >= 15 is 0 Å². The van der Waals surface area contributed by atoms with E-state index in [1.807, 2.05) is 18.9 Å². The zero-order valence-corrected chi connectivity index (χ0v) is 13.2. The molecule has 0 radical (unpaired) electrons. The molecule has 1 aliphatic carbocycles. The highest BCUT2D eigenvalue weighted by Gasteiger charge is 2.27. The molecule has 1 heterocycles. The van der Waals surface area contributed by atoms with Crippen LogP contribution in [0.3, 0.4) is 0 Å². The quantitative estimate of drug-likeness (QED) is 0.674. The average Bonchev–Trinajstić information content (AvgIpc) is 2.78. The minimum atomic E-state index is -0.201. The number of amides is 1. The average molecular weight is 297 g/mol. The molecule has 0 aromatic carbocycles. The van der Waals surface area contributed by atoms with Crippen molar-refractivity contribution in [3.05, 3.63) is 5.82 Å². The predicted molar refractivity (Wildman–Crippen MR) is 79.9 cm³/mol. The molecule has 0 unspecified atom stereocenters. The fraction of sp³-hybridized carbons (Fsp3) is 0.769. The van der Waals surface area contributed by atoms with Crippen LogP contribution in [0.25, 0.3) is 0 Å². The lowest BCUT2D eigenvalue weighted by molar-refractivity contribution is -0.131. The SMILES string of the molecule is Cc1nnc(S[C@H](C)C(=O)N(C)C2CCCCC2)n1N. The van der Waals surface area contributed by atoms with Crippen molar-refractivity contribution in [2.45, 2.75) is 62.4 Å². The van der Waals surface area contributed by atoms with E-state index in [1.54, 1.807) is 6.92 Å². The fourth-order valence-electron chi connectivity index (χ4n) is 2.57. The van der Waals surface area contributed by atoms with Crippen molar-refractivity contribution in [1.29, 1.82) is 0 Å². The number of nitrogens with zero attached hydrogens (tertiary/aromatic N) is 4. The third-order valence-corrected chi connectivity index (χ3v) is 4.98. The molecule has 1 amide bonds. The van der Waals surface area contributed by atoms with E-state index in [0.29, 0.717) is 17.0 Å². The van der Waals surface area contributed by atoms with Crippen molar-refractivity contribution in [3.8, 4) is 0 Å². The Kier molecular flexibility index (Phi) is 4.91. The van der Waals surface area contributed by atoms with Crippen LogP contribution >= 0.6 is 11.8 Å². The molecule has 1 saturated carbocycles. The van der Waals surface area contributed by atoms with Gasteiger partial charge in [0.2, 0.25) is 11.1 Å². The van der Waals surface area contributed by atoms with Crippen molar-refractivity contribution in [1.82, 2.24) is 19.8 Å². The van der Waals surface area contributed by atoms with E-state index in [2.05, 4.69) is 10.2 Å². The van der Waals surface area contributed by atoms with Gasteiger partial charge < -0.3 is 10.7 Å². The molecule has 20 heavy (non-hydrogen) atoms. The van der Waals surface area contributed by atoms with Gasteiger partial charge in [0.15, 0.2) is 0 Å². The lowest BCUT2D eigenvalue weighted by Crippen LogP contribution is -2.42. The van der Waals surface area contributed by atoms with Crippen LogP contribution in [0.4, 0.5) is 0 Å². The summed E-state index contributed by atoms with van der Waals surface area (Å²) < 4.78 is 1.43. The summed E-state index contributed by atoms with van der Waals surface area (Å²) in [7, 11) is 1.91. The van der Waals surface area contributed by atoms with E-state index in [9.17, 15) is 4.79 Å². The molecule has 0 saturated heterocycles. The summed E-state index contributed by atoms with van der Waals surface area (Å²) in [5, 5.41) is 8.28. The van der Waals surface area contributed by atoms with Crippen molar-refractivity contribution in [2.24, 2.45) is 0 Å². The van der Waals surface area contributed by atoms with Gasteiger partial charge in [0.05, 0.1) is 5.25 Å². The Labute approximate surface area is 124 Å². The Hall–Kier alpha value is -1.24. The summed E-state index contributed by atoms with van der Waals surface area (Å²) in [4.78, 5) is 14.4. The molecule has 0 spiro atoms. The van der Waals surface area contributed by atoms with E-state index in [4.69, 9.17) is 5.84 Å². The molecule has 1 aromatic heterocycles. The van der Waals surface area contributed by atoms with Crippen LogP contribution in [0.5, 0.6) is 0 Å². The van der Waals surface area contributed by atoms with Gasteiger partial charge in [-0.15, -0.1) is 10.2 Å². The van der Waals surface area contributed by atoms with Crippen LogP contribution in [0.2, 0.25) is 0 Å². The molecular weight excluding hydrogens is 274 g/mol. The molecule has 1 atom stereocenters. The number of thioether (sulfide) groups is 1. The summed E-state index contributed by atoms with van der Waals surface area (Å²) in [5.74, 6) is 6.60. The third kappa shape index (κ3) is 3.26. The molecule has 0 bridgehead atoms. The van der Waals surface area contributed by atoms with Crippen molar-refractivity contribution < 1.29 is 4.79 Å². The van der Waals surface area contributed by atoms with Gasteiger partial charge in [-0.3, -0.25) is 4.79 Å². The van der Waals surface area contributed by atoms with Gasteiger partial charge in [0, 0.05) is 13.1 Å². The zero-order chi connectivity index (χ0) is 14.7. The molecular formula is C13H23N5OS. The summed E-state index contributed by atoms with van der Waals surface area (Å²) in [6.45, 7) is 3.69. The Balaban J connectivity index is 1.95. The minimum Gasteiger partial charge on any atom is -0.342 e. The van der Waals surface area contributed by atoms with Gasteiger partial charge in [-0.1, -0.05) is 31.0 Å². The number of nitrogen functional groups attached to an aromatic ring is 1. The maximum absolute atomic E-state index is 12.5. The third-order valence-electron chi connectivity index (χ3n) is 3.93. The van der Waals surface area contributed by atoms with Crippen LogP contribution in [0.1, 0.15) is 44.9 Å². The fourth-order valence-corrected chi connectivity index (χ4v) is 3.49. The number of hydrogen-bond acceptors (Lipinski definition) is 5. The molecule has 2 rings (SSSR count). The van der Waals surface area contributed by atoms with Gasteiger partial charge in [-0.25, -0.2) is 4.68 Å². The summed E-state index contributed by atoms with van der Waals surface area (Å²) in [6, 6.07) is 0.386. The van der Waals surface area contributed by atoms with Crippen LogP contribution in [-0.4, -0.2) is 44.0 Å². The summed E-state index contributed by atoms with van der Waals surface area (Å²) in [5.41, 5.74) is 0. The van der Waals surface area contributed by atoms with Crippen molar-refractivity contribution >= 4 is 17.7 Å². The Morgan fingerprint density at radius 2 is 2.05 bits per heavy atom. The Bertz CT molecular complexity index is 469. The van der Waals surface area contributed by atoms with E-state index in [-0.39, 0.29) is 11.2 Å². The molecule has 0 aliphatic heterocycles. The van der Waals surface area contributed by atoms with Crippen LogP contribution < -0.4 is 5.84 Å². The Morgan fingerprint density at radius 3 is 2.60 bits per heavy atom. The summed E-state index contributed by atoms with van der Waals surface area (Å²) >= 11 is 1.36. The van der Waals surface area contributed by atoms with E-state index < -0.39 is 0 Å². The topological polar surface area (TPSA) is 77.0 Å². The number of aryl methyl sites for hydroxylation is 1. The highest BCUT2D eigenvalue weighted by molar-refractivity contribution is 8.00. The second-order valence-electron chi connectivity index (χ2n) is 5.40. The molecule has 2 N–H and O–H groups in total. The van der Waals surface area contributed by atoms with Gasteiger partial charge in [0.25, 0.3) is 0 Å². The van der Waals surface area contributed by atoms with Gasteiger partial charge in [-0.05, 0) is 26.7 Å². The number of carbonyl (C=O) groups excluding carboxylic acids is 1. The maximum Gasteiger partial charge on any atom is 0.235 e. The normalized spacial score (nSPS) is 17.9. The highest BCUT2D eigenvalue weighted by Crippen LogP contribution is 2.26. The monoisotopic (exact) mass is 297 g/mol. The molecule has 1 fully saturated rings. The number of rotatable bonds is 4. The number of nitrogens with two attached hydrogens (primary N) is 1. The van der Waals surface area contributed by atoms with Gasteiger partial charge >= 0.3 is 0 Å². The predicted octanol–water partition coefficient (Wildman–Crippen LogP) is 1.57. The molecule has 7 heteroatoms. The van der Waals surface area contributed by atoms with Gasteiger partial charge in [-0.2, -0.15) is 0 Å². The largest absolute Gasteiger partial charge is 0.342 e. The summed E-state index contributed by atoms with van der Waals surface area (Å²) in [6.07, 6.45) is 5.97.